The summed E-state index contributed by atoms with van der Waals surface area (Å²) in [4.78, 5) is 21.5. The van der Waals surface area contributed by atoms with Gasteiger partial charge in [0.1, 0.15) is 18.2 Å². The van der Waals surface area contributed by atoms with Gasteiger partial charge in [-0.2, -0.15) is 0 Å². The highest BCUT2D eigenvalue weighted by atomic mass is 35.5. The molecule has 0 radical (unpaired) electrons. The van der Waals surface area contributed by atoms with E-state index in [0.717, 1.165) is 6.07 Å². The second-order valence-corrected chi connectivity index (χ2v) is 4.07. The van der Waals surface area contributed by atoms with Crippen molar-refractivity contribution in [2.75, 3.05) is 26.4 Å². The predicted octanol–water partition coefficient (Wildman–Crippen LogP) is 1.08. The summed E-state index contributed by atoms with van der Waals surface area (Å²) in [6.45, 7) is -0.468. The highest BCUT2D eigenvalue weighted by Gasteiger charge is 2.06. The Labute approximate surface area is 119 Å². The van der Waals surface area contributed by atoms with E-state index in [1.54, 1.807) is 0 Å². The summed E-state index contributed by atoms with van der Waals surface area (Å²) >= 11 is 5.72. The van der Waals surface area contributed by atoms with E-state index in [1.807, 2.05) is 0 Å². The third-order valence-electron chi connectivity index (χ3n) is 2.05. The molecule has 1 rings (SSSR count). The van der Waals surface area contributed by atoms with Gasteiger partial charge in [0.15, 0.2) is 6.61 Å². The van der Waals surface area contributed by atoms with Crippen molar-refractivity contribution in [3.8, 4) is 5.75 Å². The SMILES string of the molecule is O=C(O)COCCNC(=O)COc1ccc(F)cc1Cl. The minimum absolute atomic E-state index is 0.0718. The lowest BCUT2D eigenvalue weighted by Gasteiger charge is -2.08. The van der Waals surface area contributed by atoms with Crippen molar-refractivity contribution in [2.45, 2.75) is 0 Å². The summed E-state index contributed by atoms with van der Waals surface area (Å²) < 4.78 is 22.6. The van der Waals surface area contributed by atoms with Gasteiger partial charge in [-0.15, -0.1) is 0 Å². The smallest absolute Gasteiger partial charge is 0.329 e. The molecular weight excluding hydrogens is 293 g/mol. The Bertz CT molecular complexity index is 483. The van der Waals surface area contributed by atoms with E-state index < -0.39 is 24.3 Å². The fourth-order valence-electron chi connectivity index (χ4n) is 1.21. The van der Waals surface area contributed by atoms with Crippen LogP contribution in [0.2, 0.25) is 5.02 Å². The predicted molar refractivity (Wildman–Crippen MR) is 68.4 cm³/mol. The molecule has 0 fully saturated rings. The number of hydrogen-bond donors (Lipinski definition) is 2. The number of carbonyl (C=O) groups is 2. The molecule has 1 aromatic carbocycles. The number of ether oxygens (including phenoxy) is 2. The average molecular weight is 306 g/mol. The molecular formula is C12H13ClFNO5. The molecule has 0 aliphatic carbocycles. The van der Waals surface area contributed by atoms with Crippen LogP contribution in [-0.4, -0.2) is 43.3 Å². The van der Waals surface area contributed by atoms with Gasteiger partial charge in [0, 0.05) is 6.54 Å². The Morgan fingerprint density at radius 2 is 2.10 bits per heavy atom. The molecule has 0 spiro atoms. The maximum absolute atomic E-state index is 12.8. The molecule has 1 aromatic rings. The molecule has 0 aliphatic rings. The first-order chi connectivity index (χ1) is 9.49. The van der Waals surface area contributed by atoms with E-state index in [-0.39, 0.29) is 30.5 Å². The summed E-state index contributed by atoms with van der Waals surface area (Å²) in [7, 11) is 0. The number of benzene rings is 1. The zero-order chi connectivity index (χ0) is 15.0. The zero-order valence-electron chi connectivity index (χ0n) is 10.4. The van der Waals surface area contributed by atoms with Crippen molar-refractivity contribution >= 4 is 23.5 Å². The lowest BCUT2D eigenvalue weighted by molar-refractivity contribution is -0.142. The van der Waals surface area contributed by atoms with Crippen molar-refractivity contribution in [3.05, 3.63) is 29.0 Å². The molecule has 0 atom stereocenters. The van der Waals surface area contributed by atoms with Crippen LogP contribution < -0.4 is 10.1 Å². The highest BCUT2D eigenvalue weighted by Crippen LogP contribution is 2.24. The monoisotopic (exact) mass is 305 g/mol. The largest absolute Gasteiger partial charge is 0.482 e. The minimum atomic E-state index is -1.08. The van der Waals surface area contributed by atoms with Crippen LogP contribution in [0, 0.1) is 5.82 Å². The van der Waals surface area contributed by atoms with Crippen LogP contribution in [0.3, 0.4) is 0 Å². The lowest BCUT2D eigenvalue weighted by atomic mass is 10.3. The van der Waals surface area contributed by atoms with Crippen LogP contribution in [0.1, 0.15) is 0 Å². The topological polar surface area (TPSA) is 84.9 Å². The first-order valence-corrected chi connectivity index (χ1v) is 6.01. The van der Waals surface area contributed by atoms with E-state index in [0.29, 0.717) is 0 Å². The molecule has 1 amide bonds. The Morgan fingerprint density at radius 1 is 1.35 bits per heavy atom. The number of hydrogen-bond acceptors (Lipinski definition) is 4. The summed E-state index contributed by atoms with van der Waals surface area (Å²) in [6.07, 6.45) is 0. The summed E-state index contributed by atoms with van der Waals surface area (Å²) in [6, 6.07) is 3.56. The Balaban J connectivity index is 2.21. The third kappa shape index (κ3) is 6.35. The molecule has 2 N–H and O–H groups in total. The van der Waals surface area contributed by atoms with Gasteiger partial charge >= 0.3 is 5.97 Å². The summed E-state index contributed by atoms with van der Waals surface area (Å²) in [5.41, 5.74) is 0. The van der Waals surface area contributed by atoms with Gasteiger partial charge in [0.05, 0.1) is 11.6 Å². The fraction of sp³-hybridized carbons (Fsp3) is 0.333. The maximum atomic E-state index is 12.8. The van der Waals surface area contributed by atoms with Crippen molar-refractivity contribution in [1.82, 2.24) is 5.32 Å². The maximum Gasteiger partial charge on any atom is 0.329 e. The Hall–Kier alpha value is -1.86. The van der Waals surface area contributed by atoms with E-state index in [9.17, 15) is 14.0 Å². The molecule has 8 heteroatoms. The van der Waals surface area contributed by atoms with Crippen molar-refractivity contribution in [3.63, 3.8) is 0 Å². The van der Waals surface area contributed by atoms with Crippen LogP contribution >= 0.6 is 11.6 Å². The van der Waals surface area contributed by atoms with Crippen molar-refractivity contribution in [1.29, 1.82) is 0 Å². The molecule has 0 aliphatic heterocycles. The average Bonchev–Trinajstić information content (AvgIpc) is 2.37. The van der Waals surface area contributed by atoms with Gasteiger partial charge in [-0.25, -0.2) is 9.18 Å². The van der Waals surface area contributed by atoms with Crippen molar-refractivity contribution < 1.29 is 28.6 Å². The normalized spacial score (nSPS) is 10.1. The first-order valence-electron chi connectivity index (χ1n) is 5.63. The third-order valence-corrected chi connectivity index (χ3v) is 2.34. The van der Waals surface area contributed by atoms with Gasteiger partial charge in [-0.1, -0.05) is 11.6 Å². The van der Waals surface area contributed by atoms with Crippen LogP contribution in [0.4, 0.5) is 4.39 Å². The number of amides is 1. The molecule has 0 aromatic heterocycles. The number of carboxylic acid groups (broad SMARTS) is 1. The number of aliphatic carboxylic acids is 1. The van der Waals surface area contributed by atoms with Crippen molar-refractivity contribution in [2.24, 2.45) is 0 Å². The molecule has 0 heterocycles. The van der Waals surface area contributed by atoms with Crippen LogP contribution in [0.15, 0.2) is 18.2 Å². The summed E-state index contributed by atoms with van der Waals surface area (Å²) in [5.74, 6) is -1.80. The molecule has 0 unspecified atom stereocenters. The highest BCUT2D eigenvalue weighted by molar-refractivity contribution is 6.32. The van der Waals surface area contributed by atoms with Crippen LogP contribution in [-0.2, 0) is 14.3 Å². The Morgan fingerprint density at radius 3 is 2.75 bits per heavy atom. The second kappa shape index (κ2) is 8.34. The standard InChI is InChI=1S/C12H13ClFNO5/c13-9-5-8(14)1-2-10(9)20-6-11(16)15-3-4-19-7-12(17)18/h1-2,5H,3-4,6-7H2,(H,15,16)(H,17,18). The molecule has 0 bridgehead atoms. The van der Waals surface area contributed by atoms with E-state index in [2.05, 4.69) is 5.32 Å². The quantitative estimate of drug-likeness (QED) is 0.702. The number of halogens is 2. The van der Waals surface area contributed by atoms with E-state index in [1.165, 1.54) is 12.1 Å². The van der Waals surface area contributed by atoms with Crippen LogP contribution in [0.25, 0.3) is 0 Å². The van der Waals surface area contributed by atoms with Gasteiger partial charge in [0.25, 0.3) is 5.91 Å². The van der Waals surface area contributed by atoms with E-state index in [4.69, 9.17) is 26.2 Å². The van der Waals surface area contributed by atoms with Gasteiger partial charge in [-0.3, -0.25) is 4.79 Å². The summed E-state index contributed by atoms with van der Waals surface area (Å²) in [5, 5.41) is 10.8. The van der Waals surface area contributed by atoms with E-state index >= 15 is 0 Å². The Kier molecular flexibility index (Phi) is 6.75. The zero-order valence-corrected chi connectivity index (χ0v) is 11.2. The molecule has 110 valence electrons. The number of nitrogens with one attached hydrogen (secondary N) is 1. The number of carboxylic acids is 1. The molecule has 20 heavy (non-hydrogen) atoms. The minimum Gasteiger partial charge on any atom is -0.482 e. The lowest BCUT2D eigenvalue weighted by Crippen LogP contribution is -2.32. The number of carbonyl (C=O) groups excluding carboxylic acids is 1. The van der Waals surface area contributed by atoms with Gasteiger partial charge in [0.2, 0.25) is 0 Å². The molecule has 0 saturated heterocycles. The molecule has 6 nitrogen and oxygen atoms in total. The van der Waals surface area contributed by atoms with Gasteiger partial charge < -0.3 is 19.9 Å². The number of rotatable bonds is 8. The first kappa shape index (κ1) is 16.2. The van der Waals surface area contributed by atoms with Gasteiger partial charge in [-0.05, 0) is 18.2 Å². The second-order valence-electron chi connectivity index (χ2n) is 3.66. The fourth-order valence-corrected chi connectivity index (χ4v) is 1.43. The molecule has 0 saturated carbocycles. The van der Waals surface area contributed by atoms with Crippen LogP contribution in [0.5, 0.6) is 5.75 Å².